The highest BCUT2D eigenvalue weighted by atomic mass is 32.2. The summed E-state index contributed by atoms with van der Waals surface area (Å²) in [5, 5.41) is 0. The van der Waals surface area contributed by atoms with E-state index < -0.39 is 0 Å². The van der Waals surface area contributed by atoms with Crippen LogP contribution >= 0.6 is 11.8 Å². The lowest BCUT2D eigenvalue weighted by molar-refractivity contribution is -0.147. The molecule has 0 fully saturated rings. The van der Waals surface area contributed by atoms with Crippen LogP contribution in [0.25, 0.3) is 0 Å². The number of benzene rings is 3. The maximum Gasteiger partial charge on any atom is 0.308 e. The highest BCUT2D eigenvalue weighted by molar-refractivity contribution is 7.99. The predicted octanol–water partition coefficient (Wildman–Crippen LogP) is 5.20. The average molecular weight is 445 g/mol. The summed E-state index contributed by atoms with van der Waals surface area (Å²) in [5.41, 5.74) is 4.24. The molecule has 162 valence electrons. The van der Waals surface area contributed by atoms with Crippen LogP contribution in [0.2, 0.25) is 0 Å². The van der Waals surface area contributed by atoms with Gasteiger partial charge in [0.2, 0.25) is 0 Å². The molecule has 0 saturated carbocycles. The Morgan fingerprint density at radius 3 is 2.19 bits per heavy atom. The molecule has 1 atom stereocenters. The van der Waals surface area contributed by atoms with E-state index in [1.807, 2.05) is 55.5 Å². The minimum absolute atomic E-state index is 0.0671. The monoisotopic (exact) mass is 444 g/mol. The Hall–Kier alpha value is -3.25. The molecule has 5 nitrogen and oxygen atoms in total. The molecular weight excluding hydrogens is 420 g/mol. The van der Waals surface area contributed by atoms with E-state index in [1.165, 1.54) is 0 Å². The number of amides is 1. The number of carbonyl (C=O) groups is 2. The summed E-state index contributed by atoms with van der Waals surface area (Å²) in [7, 11) is 0. The van der Waals surface area contributed by atoms with Crippen molar-refractivity contribution in [3.63, 3.8) is 0 Å². The number of rotatable bonds is 5. The van der Waals surface area contributed by atoms with Crippen molar-refractivity contribution in [3.8, 4) is 0 Å². The molecule has 2 heterocycles. The highest BCUT2D eigenvalue weighted by Crippen LogP contribution is 2.47. The molecule has 3 aromatic carbocycles. The number of hydrogen-bond acceptors (Lipinski definition) is 5. The number of esters is 1. The van der Waals surface area contributed by atoms with Crippen LogP contribution in [0, 0.1) is 0 Å². The number of fused-ring (bicyclic) bond motifs is 3. The third kappa shape index (κ3) is 3.86. The molecule has 3 aromatic rings. The Bertz CT molecular complexity index is 1130. The summed E-state index contributed by atoms with van der Waals surface area (Å²) in [6.07, 6.45) is 1.02. The summed E-state index contributed by atoms with van der Waals surface area (Å²) in [6.45, 7) is 2.27. The maximum atomic E-state index is 12.8. The third-order valence-electron chi connectivity index (χ3n) is 5.90. The van der Waals surface area contributed by atoms with Crippen molar-refractivity contribution in [1.29, 1.82) is 0 Å². The van der Waals surface area contributed by atoms with Gasteiger partial charge in [0, 0.05) is 28.1 Å². The number of nitrogens with zero attached hydrogens (tertiary/aromatic N) is 2. The van der Waals surface area contributed by atoms with E-state index in [1.54, 1.807) is 16.7 Å². The Balaban J connectivity index is 1.22. The van der Waals surface area contributed by atoms with E-state index in [9.17, 15) is 9.59 Å². The Kier molecular flexibility index (Phi) is 5.62. The van der Waals surface area contributed by atoms with E-state index in [4.69, 9.17) is 4.74 Å². The minimum atomic E-state index is -0.369. The number of anilines is 3. The third-order valence-corrected chi connectivity index (χ3v) is 7.03. The molecule has 0 radical (unpaired) electrons. The van der Waals surface area contributed by atoms with Crippen molar-refractivity contribution >= 4 is 40.7 Å². The zero-order valence-electron chi connectivity index (χ0n) is 17.9. The van der Waals surface area contributed by atoms with Crippen LogP contribution in [0.3, 0.4) is 0 Å². The number of ether oxygens (including phenoxy) is 1. The van der Waals surface area contributed by atoms with E-state index in [0.29, 0.717) is 6.54 Å². The molecule has 5 rings (SSSR count). The Labute approximate surface area is 192 Å². The van der Waals surface area contributed by atoms with Crippen molar-refractivity contribution < 1.29 is 14.3 Å². The van der Waals surface area contributed by atoms with Crippen LogP contribution in [0.1, 0.15) is 18.9 Å². The second-order valence-electron chi connectivity index (χ2n) is 8.05. The lowest BCUT2D eigenvalue weighted by Crippen LogP contribution is -2.38. The SMILES string of the molecule is C[C@@H]1Cc2ccccc2N1C(=O)COC(=O)CCN1c2ccccc2Sc2ccccc21. The van der Waals surface area contributed by atoms with E-state index >= 15 is 0 Å². The van der Waals surface area contributed by atoms with Crippen LogP contribution < -0.4 is 9.80 Å². The van der Waals surface area contributed by atoms with Crippen LogP contribution in [-0.2, 0) is 20.7 Å². The van der Waals surface area contributed by atoms with Gasteiger partial charge < -0.3 is 14.5 Å². The van der Waals surface area contributed by atoms with Gasteiger partial charge in [-0.05, 0) is 49.2 Å². The highest BCUT2D eigenvalue weighted by Gasteiger charge is 2.31. The molecule has 0 aromatic heterocycles. The molecular formula is C26H24N2O3S. The molecule has 1 amide bonds. The molecule has 2 aliphatic rings. The molecule has 0 unspecified atom stereocenters. The first-order valence-corrected chi connectivity index (χ1v) is 11.6. The summed E-state index contributed by atoms with van der Waals surface area (Å²) in [6, 6.07) is 24.3. The van der Waals surface area contributed by atoms with Crippen molar-refractivity contribution in [3.05, 3.63) is 78.4 Å². The van der Waals surface area contributed by atoms with Crippen molar-refractivity contribution in [2.24, 2.45) is 0 Å². The zero-order chi connectivity index (χ0) is 22.1. The predicted molar refractivity (Wildman–Crippen MR) is 127 cm³/mol. The normalized spacial score (nSPS) is 16.2. The van der Waals surface area contributed by atoms with Gasteiger partial charge in [-0.25, -0.2) is 0 Å². The van der Waals surface area contributed by atoms with Gasteiger partial charge in [0.25, 0.3) is 5.91 Å². The summed E-state index contributed by atoms with van der Waals surface area (Å²) < 4.78 is 5.38. The van der Waals surface area contributed by atoms with Gasteiger partial charge in [-0.1, -0.05) is 54.2 Å². The fraction of sp³-hybridized carbons (Fsp3) is 0.231. The van der Waals surface area contributed by atoms with Gasteiger partial charge in [-0.15, -0.1) is 0 Å². The summed E-state index contributed by atoms with van der Waals surface area (Å²) in [5.74, 6) is -0.549. The first-order chi connectivity index (χ1) is 15.6. The van der Waals surface area contributed by atoms with Gasteiger partial charge >= 0.3 is 5.97 Å². The largest absolute Gasteiger partial charge is 0.455 e. The molecule has 32 heavy (non-hydrogen) atoms. The van der Waals surface area contributed by atoms with Crippen molar-refractivity contribution in [1.82, 2.24) is 0 Å². The first-order valence-electron chi connectivity index (χ1n) is 10.8. The standard InChI is InChI=1S/C26H24N2O3S/c1-18-16-19-8-2-3-9-20(19)28(18)25(29)17-31-26(30)14-15-27-21-10-4-6-12-23(21)32-24-13-7-5-11-22(24)27/h2-13,18H,14-17H2,1H3/t18-/m1/s1. The second kappa shape index (κ2) is 8.71. The fourth-order valence-corrected chi connectivity index (χ4v) is 5.55. The smallest absolute Gasteiger partial charge is 0.308 e. The van der Waals surface area contributed by atoms with E-state index in [0.717, 1.165) is 38.8 Å². The molecule has 2 aliphatic heterocycles. The van der Waals surface area contributed by atoms with Crippen LogP contribution in [0.5, 0.6) is 0 Å². The van der Waals surface area contributed by atoms with Gasteiger partial charge in [0.1, 0.15) is 0 Å². The quantitative estimate of drug-likeness (QED) is 0.506. The van der Waals surface area contributed by atoms with Gasteiger partial charge in [0.15, 0.2) is 6.61 Å². The van der Waals surface area contributed by atoms with Gasteiger partial charge in [0.05, 0.1) is 17.8 Å². The fourth-order valence-electron chi connectivity index (χ4n) is 4.45. The topological polar surface area (TPSA) is 49.9 Å². The van der Waals surface area contributed by atoms with Crippen LogP contribution in [0.15, 0.2) is 82.6 Å². The molecule has 0 N–H and O–H groups in total. The van der Waals surface area contributed by atoms with E-state index in [-0.39, 0.29) is 30.9 Å². The van der Waals surface area contributed by atoms with Crippen LogP contribution in [-0.4, -0.2) is 31.1 Å². The lowest BCUT2D eigenvalue weighted by Gasteiger charge is -2.32. The van der Waals surface area contributed by atoms with Gasteiger partial charge in [-0.3, -0.25) is 9.59 Å². The Morgan fingerprint density at radius 1 is 0.906 bits per heavy atom. The molecule has 0 spiro atoms. The van der Waals surface area contributed by atoms with Crippen molar-refractivity contribution in [2.45, 2.75) is 35.6 Å². The maximum absolute atomic E-state index is 12.8. The molecule has 0 aliphatic carbocycles. The van der Waals surface area contributed by atoms with Gasteiger partial charge in [-0.2, -0.15) is 0 Å². The lowest BCUT2D eigenvalue weighted by atomic mass is 10.1. The Morgan fingerprint density at radius 2 is 1.50 bits per heavy atom. The van der Waals surface area contributed by atoms with E-state index in [2.05, 4.69) is 29.2 Å². The molecule has 0 bridgehead atoms. The average Bonchev–Trinajstić information content (AvgIpc) is 3.16. The number of carbonyl (C=O) groups excluding carboxylic acids is 2. The summed E-state index contributed by atoms with van der Waals surface area (Å²) >= 11 is 1.74. The zero-order valence-corrected chi connectivity index (χ0v) is 18.7. The minimum Gasteiger partial charge on any atom is -0.455 e. The molecule has 0 saturated heterocycles. The second-order valence-corrected chi connectivity index (χ2v) is 9.13. The van der Waals surface area contributed by atoms with Crippen molar-refractivity contribution in [2.75, 3.05) is 23.0 Å². The number of para-hydroxylation sites is 3. The van der Waals surface area contributed by atoms with Crippen LogP contribution in [0.4, 0.5) is 17.1 Å². The molecule has 6 heteroatoms. The number of hydrogen-bond donors (Lipinski definition) is 0. The summed E-state index contributed by atoms with van der Waals surface area (Å²) in [4.78, 5) is 31.6. The first kappa shape index (κ1) is 20.6.